The normalized spacial score (nSPS) is 10.7. The molecule has 3 aromatic rings. The van der Waals surface area contributed by atoms with Crippen molar-refractivity contribution in [1.82, 2.24) is 19.7 Å². The zero-order valence-electron chi connectivity index (χ0n) is 17.8. The van der Waals surface area contributed by atoms with Gasteiger partial charge in [0.1, 0.15) is 5.75 Å². The molecule has 0 aliphatic heterocycles. The molecule has 162 valence electrons. The van der Waals surface area contributed by atoms with Gasteiger partial charge in [0, 0.05) is 23.8 Å². The van der Waals surface area contributed by atoms with Gasteiger partial charge in [-0.2, -0.15) is 0 Å². The minimum atomic E-state index is 0.0278. The molecule has 1 amide bonds. The SMILES string of the molecule is C=C(C)CN(CC)C(=O)CSc1nnc(-c2ccccc2OC)n1-c1ccc(Cl)cc1. The predicted octanol–water partition coefficient (Wildman–Crippen LogP) is 5.11. The fourth-order valence-electron chi connectivity index (χ4n) is 3.11. The van der Waals surface area contributed by atoms with E-state index in [2.05, 4.69) is 16.8 Å². The van der Waals surface area contributed by atoms with Crippen LogP contribution in [0.4, 0.5) is 0 Å². The molecule has 2 aromatic carbocycles. The summed E-state index contributed by atoms with van der Waals surface area (Å²) < 4.78 is 7.44. The Labute approximate surface area is 191 Å². The van der Waals surface area contributed by atoms with Gasteiger partial charge < -0.3 is 9.64 Å². The first kappa shape index (κ1) is 22.9. The van der Waals surface area contributed by atoms with Crippen molar-refractivity contribution in [1.29, 1.82) is 0 Å². The van der Waals surface area contributed by atoms with Gasteiger partial charge in [-0.1, -0.05) is 47.6 Å². The first-order valence-electron chi connectivity index (χ1n) is 9.84. The molecule has 0 spiro atoms. The van der Waals surface area contributed by atoms with E-state index < -0.39 is 0 Å². The Morgan fingerprint density at radius 1 is 1.19 bits per heavy atom. The van der Waals surface area contributed by atoms with Crippen molar-refractivity contribution in [3.8, 4) is 22.8 Å². The first-order chi connectivity index (χ1) is 14.9. The first-order valence-corrected chi connectivity index (χ1v) is 11.2. The molecule has 6 nitrogen and oxygen atoms in total. The van der Waals surface area contributed by atoms with Crippen molar-refractivity contribution >= 4 is 29.3 Å². The highest BCUT2D eigenvalue weighted by molar-refractivity contribution is 7.99. The summed E-state index contributed by atoms with van der Waals surface area (Å²) in [6.07, 6.45) is 0. The highest BCUT2D eigenvalue weighted by atomic mass is 35.5. The Morgan fingerprint density at radius 3 is 2.55 bits per heavy atom. The number of hydrogen-bond acceptors (Lipinski definition) is 5. The molecule has 3 rings (SSSR count). The summed E-state index contributed by atoms with van der Waals surface area (Å²) in [6, 6.07) is 15.1. The van der Waals surface area contributed by atoms with E-state index in [1.54, 1.807) is 12.0 Å². The van der Waals surface area contributed by atoms with E-state index in [-0.39, 0.29) is 11.7 Å². The Kier molecular flexibility index (Phi) is 7.76. The number of carbonyl (C=O) groups excluding carboxylic acids is 1. The molecular weight excluding hydrogens is 432 g/mol. The lowest BCUT2D eigenvalue weighted by Gasteiger charge is -2.20. The second-order valence-corrected chi connectivity index (χ2v) is 8.35. The number of thioether (sulfide) groups is 1. The average molecular weight is 457 g/mol. The van der Waals surface area contributed by atoms with E-state index >= 15 is 0 Å². The summed E-state index contributed by atoms with van der Waals surface area (Å²) in [6.45, 7) is 8.96. The van der Waals surface area contributed by atoms with Gasteiger partial charge >= 0.3 is 0 Å². The number of ether oxygens (including phenoxy) is 1. The standard InChI is InChI=1S/C23H25ClN4O2S/c1-5-27(14-16(2)3)21(29)15-31-23-26-25-22(19-8-6-7-9-20(19)30-4)28(23)18-12-10-17(24)11-13-18/h6-13H,2,5,14-15H2,1,3-4H3. The monoisotopic (exact) mass is 456 g/mol. The summed E-state index contributed by atoms with van der Waals surface area (Å²) in [7, 11) is 1.62. The quantitative estimate of drug-likeness (QED) is 0.330. The van der Waals surface area contributed by atoms with Crippen molar-refractivity contribution in [3.05, 3.63) is 65.7 Å². The van der Waals surface area contributed by atoms with Crippen LogP contribution in [0.1, 0.15) is 13.8 Å². The van der Waals surface area contributed by atoms with Crippen LogP contribution in [0.25, 0.3) is 17.1 Å². The lowest BCUT2D eigenvalue weighted by atomic mass is 10.2. The zero-order chi connectivity index (χ0) is 22.4. The van der Waals surface area contributed by atoms with Crippen LogP contribution in [0.15, 0.2) is 65.8 Å². The van der Waals surface area contributed by atoms with E-state index in [0.29, 0.717) is 34.8 Å². The fraction of sp³-hybridized carbons (Fsp3) is 0.261. The molecule has 0 radical (unpaired) electrons. The maximum absolute atomic E-state index is 12.7. The molecule has 0 bridgehead atoms. The summed E-state index contributed by atoms with van der Waals surface area (Å²) in [5, 5.41) is 10.1. The van der Waals surface area contributed by atoms with E-state index in [4.69, 9.17) is 16.3 Å². The Balaban J connectivity index is 1.97. The van der Waals surface area contributed by atoms with Crippen molar-refractivity contribution in [2.24, 2.45) is 0 Å². The van der Waals surface area contributed by atoms with Crippen molar-refractivity contribution in [2.45, 2.75) is 19.0 Å². The summed E-state index contributed by atoms with van der Waals surface area (Å²) in [5.41, 5.74) is 2.60. The van der Waals surface area contributed by atoms with Crippen LogP contribution >= 0.6 is 23.4 Å². The predicted molar refractivity (Wildman–Crippen MR) is 126 cm³/mol. The van der Waals surface area contributed by atoms with Crippen molar-refractivity contribution in [2.75, 3.05) is 26.0 Å². The summed E-state index contributed by atoms with van der Waals surface area (Å²) >= 11 is 7.44. The molecule has 0 aliphatic rings. The van der Waals surface area contributed by atoms with Gasteiger partial charge in [0.2, 0.25) is 5.91 Å². The summed E-state index contributed by atoms with van der Waals surface area (Å²) in [4.78, 5) is 14.5. The van der Waals surface area contributed by atoms with Crippen LogP contribution in [-0.4, -0.2) is 51.5 Å². The molecule has 0 aliphatic carbocycles. The third-order valence-electron chi connectivity index (χ3n) is 4.59. The van der Waals surface area contributed by atoms with Gasteiger partial charge in [-0.3, -0.25) is 9.36 Å². The number of methoxy groups -OCH3 is 1. The highest BCUT2D eigenvalue weighted by Gasteiger charge is 2.21. The molecule has 8 heteroatoms. The topological polar surface area (TPSA) is 60.3 Å². The van der Waals surface area contributed by atoms with Crippen LogP contribution in [0, 0.1) is 0 Å². The smallest absolute Gasteiger partial charge is 0.233 e. The van der Waals surface area contributed by atoms with Gasteiger partial charge in [-0.25, -0.2) is 0 Å². The van der Waals surface area contributed by atoms with Crippen LogP contribution in [0.3, 0.4) is 0 Å². The molecule has 0 atom stereocenters. The Morgan fingerprint density at radius 2 is 1.90 bits per heavy atom. The van der Waals surface area contributed by atoms with Crippen LogP contribution in [-0.2, 0) is 4.79 Å². The van der Waals surface area contributed by atoms with Gasteiger partial charge in [-0.15, -0.1) is 10.2 Å². The molecule has 31 heavy (non-hydrogen) atoms. The second kappa shape index (κ2) is 10.5. The van der Waals surface area contributed by atoms with Gasteiger partial charge in [0.15, 0.2) is 11.0 Å². The number of aromatic nitrogens is 3. The minimum absolute atomic E-state index is 0.0278. The molecule has 0 fully saturated rings. The third kappa shape index (κ3) is 5.48. The largest absolute Gasteiger partial charge is 0.496 e. The van der Waals surface area contributed by atoms with Crippen molar-refractivity contribution < 1.29 is 9.53 Å². The van der Waals surface area contributed by atoms with Gasteiger partial charge in [-0.05, 0) is 50.2 Å². The Bertz CT molecular complexity index is 1070. The molecule has 0 N–H and O–H groups in total. The molecule has 1 heterocycles. The third-order valence-corrected chi connectivity index (χ3v) is 5.75. The number of amides is 1. The van der Waals surface area contributed by atoms with Crippen molar-refractivity contribution in [3.63, 3.8) is 0 Å². The maximum Gasteiger partial charge on any atom is 0.233 e. The van der Waals surface area contributed by atoms with Crippen LogP contribution in [0.5, 0.6) is 5.75 Å². The van der Waals surface area contributed by atoms with E-state index in [1.165, 1.54) is 11.8 Å². The fourth-order valence-corrected chi connectivity index (χ4v) is 4.09. The van der Waals surface area contributed by atoms with Gasteiger partial charge in [0.05, 0.1) is 18.4 Å². The molecule has 1 aromatic heterocycles. The summed E-state index contributed by atoms with van der Waals surface area (Å²) in [5.74, 6) is 1.60. The lowest BCUT2D eigenvalue weighted by Crippen LogP contribution is -2.33. The molecule has 0 saturated heterocycles. The van der Waals surface area contributed by atoms with Crippen LogP contribution < -0.4 is 4.74 Å². The highest BCUT2D eigenvalue weighted by Crippen LogP contribution is 2.33. The maximum atomic E-state index is 12.7. The number of para-hydroxylation sites is 1. The molecular formula is C23H25ClN4O2S. The number of likely N-dealkylation sites (N-methyl/N-ethyl adjacent to an activating group) is 1. The number of hydrogen-bond donors (Lipinski definition) is 0. The second-order valence-electron chi connectivity index (χ2n) is 6.97. The van der Waals surface area contributed by atoms with E-state index in [1.807, 2.05) is 66.9 Å². The zero-order valence-corrected chi connectivity index (χ0v) is 19.4. The minimum Gasteiger partial charge on any atom is -0.496 e. The number of nitrogens with zero attached hydrogens (tertiary/aromatic N) is 4. The number of benzene rings is 2. The van der Waals surface area contributed by atoms with Gasteiger partial charge in [0.25, 0.3) is 0 Å². The molecule has 0 saturated carbocycles. The number of carbonyl (C=O) groups is 1. The number of rotatable bonds is 9. The number of halogens is 1. The van der Waals surface area contributed by atoms with E-state index in [0.717, 1.165) is 16.8 Å². The van der Waals surface area contributed by atoms with Crippen LogP contribution in [0.2, 0.25) is 5.02 Å². The van der Waals surface area contributed by atoms with E-state index in [9.17, 15) is 4.79 Å². The lowest BCUT2D eigenvalue weighted by molar-refractivity contribution is -0.127. The molecule has 0 unspecified atom stereocenters. The Hall–Kier alpha value is -2.77. The average Bonchev–Trinajstić information content (AvgIpc) is 3.19.